The van der Waals surface area contributed by atoms with E-state index in [0.717, 1.165) is 11.8 Å². The van der Waals surface area contributed by atoms with E-state index in [1.54, 1.807) is 31.2 Å². The molecular formula is C11H15N3O4S. The SMILES string of the molecule is COC(=O)NN=C(C)c1ccc(NS(C)(=O)=O)cc1. The number of carbonyl (C=O) groups excluding carboxylic acids is 1. The van der Waals surface area contributed by atoms with Gasteiger partial charge in [0, 0.05) is 5.69 Å². The molecule has 0 saturated carbocycles. The summed E-state index contributed by atoms with van der Waals surface area (Å²) in [5.41, 5.74) is 3.97. The van der Waals surface area contributed by atoms with Gasteiger partial charge in [0.05, 0.1) is 19.1 Å². The number of ether oxygens (including phenoxy) is 1. The second-order valence-electron chi connectivity index (χ2n) is 3.75. The maximum atomic E-state index is 11.0. The van der Waals surface area contributed by atoms with E-state index in [2.05, 4.69) is 20.0 Å². The fraction of sp³-hybridized carbons (Fsp3) is 0.273. The highest BCUT2D eigenvalue weighted by molar-refractivity contribution is 7.92. The Morgan fingerprint density at radius 1 is 1.26 bits per heavy atom. The Morgan fingerprint density at radius 2 is 1.84 bits per heavy atom. The molecule has 0 radical (unpaired) electrons. The Morgan fingerprint density at radius 3 is 2.32 bits per heavy atom. The van der Waals surface area contributed by atoms with Crippen LogP contribution in [0.2, 0.25) is 0 Å². The highest BCUT2D eigenvalue weighted by Crippen LogP contribution is 2.11. The molecular weight excluding hydrogens is 270 g/mol. The number of sulfonamides is 1. The number of methoxy groups -OCH3 is 1. The number of nitrogens with zero attached hydrogens (tertiary/aromatic N) is 1. The van der Waals surface area contributed by atoms with Crippen molar-refractivity contribution >= 4 is 27.5 Å². The monoisotopic (exact) mass is 285 g/mol. The maximum Gasteiger partial charge on any atom is 0.427 e. The Labute approximate surface area is 111 Å². The molecule has 2 N–H and O–H groups in total. The molecule has 0 fully saturated rings. The lowest BCUT2D eigenvalue weighted by Crippen LogP contribution is -2.18. The van der Waals surface area contributed by atoms with E-state index in [4.69, 9.17) is 0 Å². The van der Waals surface area contributed by atoms with Crippen molar-refractivity contribution in [2.75, 3.05) is 18.1 Å². The van der Waals surface area contributed by atoms with Crippen LogP contribution >= 0.6 is 0 Å². The second kappa shape index (κ2) is 6.19. The summed E-state index contributed by atoms with van der Waals surface area (Å²) in [7, 11) is -2.05. The van der Waals surface area contributed by atoms with Gasteiger partial charge in [-0.25, -0.2) is 18.6 Å². The molecule has 0 aliphatic rings. The summed E-state index contributed by atoms with van der Waals surface area (Å²) in [5.74, 6) is 0. The van der Waals surface area contributed by atoms with Gasteiger partial charge in [0.25, 0.3) is 0 Å². The Hall–Kier alpha value is -2.09. The molecule has 1 aromatic carbocycles. The van der Waals surface area contributed by atoms with Gasteiger partial charge < -0.3 is 4.74 Å². The first-order chi connectivity index (χ1) is 8.81. The maximum absolute atomic E-state index is 11.0. The first-order valence-electron chi connectivity index (χ1n) is 5.28. The molecule has 19 heavy (non-hydrogen) atoms. The van der Waals surface area contributed by atoms with E-state index in [9.17, 15) is 13.2 Å². The van der Waals surface area contributed by atoms with Crippen molar-refractivity contribution < 1.29 is 17.9 Å². The summed E-state index contributed by atoms with van der Waals surface area (Å²) in [6, 6.07) is 6.58. The Bertz CT molecular complexity index is 578. The minimum absolute atomic E-state index is 0.458. The highest BCUT2D eigenvalue weighted by atomic mass is 32.2. The molecule has 0 atom stereocenters. The number of hydrazone groups is 1. The van der Waals surface area contributed by atoms with Crippen LogP contribution in [0.5, 0.6) is 0 Å². The van der Waals surface area contributed by atoms with Crippen LogP contribution in [0.4, 0.5) is 10.5 Å². The molecule has 0 heterocycles. The van der Waals surface area contributed by atoms with Crippen molar-refractivity contribution in [2.24, 2.45) is 5.10 Å². The van der Waals surface area contributed by atoms with E-state index in [-0.39, 0.29) is 0 Å². The molecule has 7 nitrogen and oxygen atoms in total. The number of hydrogen-bond donors (Lipinski definition) is 2. The van der Waals surface area contributed by atoms with Crippen LogP contribution in [0.1, 0.15) is 12.5 Å². The molecule has 1 amide bonds. The Kier molecular flexibility index (Phi) is 4.87. The quantitative estimate of drug-likeness (QED) is 0.640. The summed E-state index contributed by atoms with van der Waals surface area (Å²) in [6.07, 6.45) is 0.420. The van der Waals surface area contributed by atoms with E-state index < -0.39 is 16.1 Å². The van der Waals surface area contributed by atoms with Crippen LogP contribution < -0.4 is 10.1 Å². The number of carbonyl (C=O) groups is 1. The lowest BCUT2D eigenvalue weighted by molar-refractivity contribution is 0.171. The van der Waals surface area contributed by atoms with Crippen LogP contribution in [-0.4, -0.2) is 33.6 Å². The topological polar surface area (TPSA) is 96.9 Å². The van der Waals surface area contributed by atoms with Gasteiger partial charge in [0.2, 0.25) is 10.0 Å². The molecule has 1 rings (SSSR count). The zero-order valence-electron chi connectivity index (χ0n) is 10.8. The van der Waals surface area contributed by atoms with Crippen molar-refractivity contribution in [3.05, 3.63) is 29.8 Å². The fourth-order valence-electron chi connectivity index (χ4n) is 1.23. The number of nitrogens with one attached hydrogen (secondary N) is 2. The predicted octanol–water partition coefficient (Wildman–Crippen LogP) is 1.14. The van der Waals surface area contributed by atoms with E-state index in [0.29, 0.717) is 11.4 Å². The van der Waals surface area contributed by atoms with Gasteiger partial charge in [-0.2, -0.15) is 5.10 Å². The van der Waals surface area contributed by atoms with E-state index in [1.807, 2.05) is 0 Å². The number of hydrogen-bond acceptors (Lipinski definition) is 5. The normalized spacial score (nSPS) is 11.8. The van der Waals surface area contributed by atoms with Crippen LogP contribution in [0.25, 0.3) is 0 Å². The van der Waals surface area contributed by atoms with E-state index >= 15 is 0 Å². The van der Waals surface area contributed by atoms with Crippen LogP contribution in [0.3, 0.4) is 0 Å². The summed E-state index contributed by atoms with van der Waals surface area (Å²) < 4.78 is 28.8. The highest BCUT2D eigenvalue weighted by Gasteiger charge is 2.03. The molecule has 0 aliphatic heterocycles. The number of anilines is 1. The predicted molar refractivity (Wildman–Crippen MR) is 72.7 cm³/mol. The molecule has 0 bridgehead atoms. The van der Waals surface area contributed by atoms with Crippen molar-refractivity contribution in [1.29, 1.82) is 0 Å². The smallest absolute Gasteiger partial charge is 0.427 e. The van der Waals surface area contributed by atoms with Crippen molar-refractivity contribution in [3.8, 4) is 0 Å². The van der Waals surface area contributed by atoms with Gasteiger partial charge in [0.1, 0.15) is 0 Å². The third kappa shape index (κ3) is 5.38. The van der Waals surface area contributed by atoms with Crippen LogP contribution in [0, 0.1) is 0 Å². The Balaban J connectivity index is 2.78. The number of amides is 1. The van der Waals surface area contributed by atoms with Crippen LogP contribution in [-0.2, 0) is 14.8 Å². The van der Waals surface area contributed by atoms with Gasteiger partial charge in [0.15, 0.2) is 0 Å². The first-order valence-corrected chi connectivity index (χ1v) is 7.17. The summed E-state index contributed by atoms with van der Waals surface area (Å²) >= 11 is 0. The zero-order chi connectivity index (χ0) is 14.5. The average Bonchev–Trinajstić information content (AvgIpc) is 2.34. The minimum Gasteiger partial charge on any atom is -0.452 e. The van der Waals surface area contributed by atoms with Gasteiger partial charge in [-0.05, 0) is 24.6 Å². The van der Waals surface area contributed by atoms with E-state index in [1.165, 1.54) is 7.11 Å². The molecule has 0 aromatic heterocycles. The average molecular weight is 285 g/mol. The van der Waals surface area contributed by atoms with Crippen molar-refractivity contribution in [3.63, 3.8) is 0 Å². The number of benzene rings is 1. The summed E-state index contributed by atoms with van der Waals surface area (Å²) in [4.78, 5) is 10.8. The minimum atomic E-state index is -3.29. The standard InChI is InChI=1S/C11H15N3O4S/c1-8(12-13-11(15)18-2)9-4-6-10(7-5-9)14-19(3,16)17/h4-7,14H,1-3H3,(H,13,15). The fourth-order valence-corrected chi connectivity index (χ4v) is 1.80. The third-order valence-electron chi connectivity index (χ3n) is 2.11. The zero-order valence-corrected chi connectivity index (χ0v) is 11.6. The molecule has 104 valence electrons. The largest absolute Gasteiger partial charge is 0.452 e. The van der Waals surface area contributed by atoms with Crippen molar-refractivity contribution in [2.45, 2.75) is 6.92 Å². The van der Waals surface area contributed by atoms with Gasteiger partial charge >= 0.3 is 6.09 Å². The molecule has 1 aromatic rings. The summed E-state index contributed by atoms with van der Waals surface area (Å²) in [5, 5.41) is 3.82. The second-order valence-corrected chi connectivity index (χ2v) is 5.50. The molecule has 0 saturated heterocycles. The van der Waals surface area contributed by atoms with Gasteiger partial charge in [-0.3, -0.25) is 4.72 Å². The third-order valence-corrected chi connectivity index (χ3v) is 2.71. The van der Waals surface area contributed by atoms with Gasteiger partial charge in [-0.15, -0.1) is 0 Å². The lowest BCUT2D eigenvalue weighted by atomic mass is 10.1. The first kappa shape index (κ1) is 15.0. The molecule has 0 spiro atoms. The summed E-state index contributed by atoms with van der Waals surface area (Å²) in [6.45, 7) is 1.70. The molecule has 8 heteroatoms. The van der Waals surface area contributed by atoms with Crippen LogP contribution in [0.15, 0.2) is 29.4 Å². The molecule has 0 unspecified atom stereocenters. The molecule has 0 aliphatic carbocycles. The number of rotatable bonds is 4. The lowest BCUT2D eigenvalue weighted by Gasteiger charge is -2.05. The van der Waals surface area contributed by atoms with Crippen molar-refractivity contribution in [1.82, 2.24) is 5.43 Å². The van der Waals surface area contributed by atoms with Gasteiger partial charge in [-0.1, -0.05) is 12.1 Å².